The van der Waals surface area contributed by atoms with Gasteiger partial charge < -0.3 is 10.6 Å². The molecule has 2 unspecified atom stereocenters. The Morgan fingerprint density at radius 1 is 1.35 bits per heavy atom. The minimum absolute atomic E-state index is 0.0114. The number of nitrogens with two attached hydrogens (primary N) is 1. The van der Waals surface area contributed by atoms with Gasteiger partial charge in [0.15, 0.2) is 0 Å². The van der Waals surface area contributed by atoms with Crippen molar-refractivity contribution in [2.45, 2.75) is 38.8 Å². The summed E-state index contributed by atoms with van der Waals surface area (Å²) in [4.78, 5) is 2.31. The molecule has 0 radical (unpaired) electrons. The summed E-state index contributed by atoms with van der Waals surface area (Å²) >= 11 is 6.26. The van der Waals surface area contributed by atoms with Crippen LogP contribution in [0.25, 0.3) is 0 Å². The number of hydrogen-bond donors (Lipinski definition) is 1. The summed E-state index contributed by atoms with van der Waals surface area (Å²) in [5.41, 5.74) is 8.06. The highest BCUT2D eigenvalue weighted by atomic mass is 35.5. The van der Waals surface area contributed by atoms with Gasteiger partial charge >= 0.3 is 0 Å². The van der Waals surface area contributed by atoms with Crippen molar-refractivity contribution in [1.29, 1.82) is 0 Å². The van der Waals surface area contributed by atoms with E-state index in [2.05, 4.69) is 24.9 Å². The van der Waals surface area contributed by atoms with E-state index in [0.29, 0.717) is 6.04 Å². The van der Waals surface area contributed by atoms with E-state index in [1.54, 1.807) is 0 Å². The van der Waals surface area contributed by atoms with Crippen molar-refractivity contribution in [2.24, 2.45) is 11.7 Å². The first kappa shape index (κ1) is 12.7. The quantitative estimate of drug-likeness (QED) is 0.887. The third-order valence-corrected chi connectivity index (χ3v) is 4.12. The topological polar surface area (TPSA) is 29.3 Å². The van der Waals surface area contributed by atoms with Crippen molar-refractivity contribution in [3.05, 3.63) is 28.8 Å². The van der Waals surface area contributed by atoms with Crippen molar-refractivity contribution in [3.63, 3.8) is 0 Å². The van der Waals surface area contributed by atoms with Crippen LogP contribution in [0.2, 0.25) is 5.02 Å². The first-order valence-electron chi connectivity index (χ1n) is 6.28. The molecule has 0 amide bonds. The van der Waals surface area contributed by atoms with E-state index in [0.717, 1.165) is 16.5 Å². The number of nitrogens with zero attached hydrogens (tertiary/aromatic N) is 1. The molecule has 1 aliphatic rings. The fourth-order valence-electron chi connectivity index (χ4n) is 2.23. The van der Waals surface area contributed by atoms with Gasteiger partial charge in [-0.25, -0.2) is 0 Å². The Bertz CT molecular complexity index is 399. The maximum Gasteiger partial charge on any atom is 0.0474 e. The van der Waals surface area contributed by atoms with Gasteiger partial charge in [-0.1, -0.05) is 17.7 Å². The van der Waals surface area contributed by atoms with E-state index >= 15 is 0 Å². The third-order valence-electron chi connectivity index (χ3n) is 3.80. The molecule has 1 saturated carbocycles. The van der Waals surface area contributed by atoms with Crippen LogP contribution >= 0.6 is 11.6 Å². The van der Waals surface area contributed by atoms with E-state index in [1.807, 2.05) is 19.1 Å². The molecule has 2 atom stereocenters. The molecule has 94 valence electrons. The minimum atomic E-state index is -0.0114. The summed E-state index contributed by atoms with van der Waals surface area (Å²) in [7, 11) is 2.14. The molecule has 1 fully saturated rings. The molecule has 1 aromatic rings. The highest BCUT2D eigenvalue weighted by Gasteiger charge is 2.30. The van der Waals surface area contributed by atoms with Crippen molar-refractivity contribution in [1.82, 2.24) is 0 Å². The lowest BCUT2D eigenvalue weighted by atomic mass is 10.1. The Balaban J connectivity index is 2.18. The molecule has 2 nitrogen and oxygen atoms in total. The molecule has 2 rings (SSSR count). The van der Waals surface area contributed by atoms with Gasteiger partial charge in [0.1, 0.15) is 0 Å². The average Bonchev–Trinajstić information content (AvgIpc) is 3.10. The molecule has 17 heavy (non-hydrogen) atoms. The summed E-state index contributed by atoms with van der Waals surface area (Å²) in [6.07, 6.45) is 2.72. The Kier molecular flexibility index (Phi) is 3.64. The standard InChI is InChI=1S/C14H21ClN2/c1-9(16)13-7-6-12(8-14(13)15)17(3)10(2)11-4-5-11/h6-11H,4-5,16H2,1-3H3. The molecule has 0 aromatic heterocycles. The van der Waals surface area contributed by atoms with E-state index < -0.39 is 0 Å². The monoisotopic (exact) mass is 252 g/mol. The summed E-state index contributed by atoms with van der Waals surface area (Å²) in [6, 6.07) is 6.76. The van der Waals surface area contributed by atoms with Crippen LogP contribution in [0.4, 0.5) is 5.69 Å². The van der Waals surface area contributed by atoms with E-state index in [4.69, 9.17) is 17.3 Å². The number of anilines is 1. The fourth-order valence-corrected chi connectivity index (χ4v) is 2.58. The summed E-state index contributed by atoms with van der Waals surface area (Å²) < 4.78 is 0. The fraction of sp³-hybridized carbons (Fsp3) is 0.571. The normalized spacial score (nSPS) is 18.9. The SMILES string of the molecule is CC(N)c1ccc(N(C)C(C)C2CC2)cc1Cl. The molecule has 0 bridgehead atoms. The predicted molar refractivity (Wildman–Crippen MR) is 74.6 cm³/mol. The molecule has 0 heterocycles. The Morgan fingerprint density at radius 3 is 2.47 bits per heavy atom. The summed E-state index contributed by atoms with van der Waals surface area (Å²) in [5, 5.41) is 0.771. The van der Waals surface area contributed by atoms with Crippen LogP contribution in [0.5, 0.6) is 0 Å². The first-order chi connectivity index (χ1) is 8.00. The van der Waals surface area contributed by atoms with Crippen LogP contribution in [-0.4, -0.2) is 13.1 Å². The van der Waals surface area contributed by atoms with Crippen molar-refractivity contribution in [2.75, 3.05) is 11.9 Å². The van der Waals surface area contributed by atoms with Gasteiger partial charge in [-0.3, -0.25) is 0 Å². The number of benzene rings is 1. The molecule has 0 spiro atoms. The lowest BCUT2D eigenvalue weighted by molar-refractivity contribution is 0.609. The van der Waals surface area contributed by atoms with Crippen molar-refractivity contribution < 1.29 is 0 Å². The Morgan fingerprint density at radius 2 is 2.00 bits per heavy atom. The zero-order chi connectivity index (χ0) is 12.6. The van der Waals surface area contributed by atoms with Crippen LogP contribution in [0.1, 0.15) is 38.3 Å². The molecule has 0 aliphatic heterocycles. The van der Waals surface area contributed by atoms with Crippen LogP contribution in [0.3, 0.4) is 0 Å². The van der Waals surface area contributed by atoms with Crippen LogP contribution in [0.15, 0.2) is 18.2 Å². The Hall–Kier alpha value is -0.730. The van der Waals surface area contributed by atoms with Gasteiger partial charge in [-0.2, -0.15) is 0 Å². The minimum Gasteiger partial charge on any atom is -0.372 e. The highest BCUT2D eigenvalue weighted by molar-refractivity contribution is 6.31. The van der Waals surface area contributed by atoms with Gasteiger partial charge in [0.2, 0.25) is 0 Å². The number of halogens is 1. The number of hydrogen-bond acceptors (Lipinski definition) is 2. The van der Waals surface area contributed by atoms with Gasteiger partial charge in [0, 0.05) is 29.8 Å². The maximum absolute atomic E-state index is 6.26. The molecule has 3 heteroatoms. The second kappa shape index (κ2) is 4.87. The highest BCUT2D eigenvalue weighted by Crippen LogP contribution is 2.37. The van der Waals surface area contributed by atoms with Crippen molar-refractivity contribution in [3.8, 4) is 0 Å². The second-order valence-corrected chi connectivity index (χ2v) is 5.59. The largest absolute Gasteiger partial charge is 0.372 e. The first-order valence-corrected chi connectivity index (χ1v) is 6.66. The van der Waals surface area contributed by atoms with Crippen LogP contribution < -0.4 is 10.6 Å². The molecule has 0 saturated heterocycles. The molecular formula is C14H21ClN2. The van der Waals surface area contributed by atoms with Gasteiger partial charge in [-0.15, -0.1) is 0 Å². The van der Waals surface area contributed by atoms with Crippen LogP contribution in [-0.2, 0) is 0 Å². The zero-order valence-electron chi connectivity index (χ0n) is 10.8. The molecule has 1 aliphatic carbocycles. The van der Waals surface area contributed by atoms with E-state index in [9.17, 15) is 0 Å². The number of rotatable bonds is 4. The average molecular weight is 253 g/mol. The zero-order valence-corrected chi connectivity index (χ0v) is 11.5. The summed E-state index contributed by atoms with van der Waals surface area (Å²) in [5.74, 6) is 0.854. The van der Waals surface area contributed by atoms with E-state index in [1.165, 1.54) is 18.5 Å². The second-order valence-electron chi connectivity index (χ2n) is 5.18. The van der Waals surface area contributed by atoms with Gasteiger partial charge in [-0.05, 0) is 50.3 Å². The smallest absolute Gasteiger partial charge is 0.0474 e. The molecule has 1 aromatic carbocycles. The lowest BCUT2D eigenvalue weighted by Crippen LogP contribution is -2.30. The van der Waals surface area contributed by atoms with Gasteiger partial charge in [0.05, 0.1) is 0 Å². The summed E-state index contributed by atoms with van der Waals surface area (Å²) in [6.45, 7) is 4.24. The molecular weight excluding hydrogens is 232 g/mol. The lowest BCUT2D eigenvalue weighted by Gasteiger charge is -2.27. The Labute approximate surface area is 109 Å². The molecule has 2 N–H and O–H groups in total. The van der Waals surface area contributed by atoms with Crippen molar-refractivity contribution >= 4 is 17.3 Å². The van der Waals surface area contributed by atoms with Crippen LogP contribution in [0, 0.1) is 5.92 Å². The van der Waals surface area contributed by atoms with Gasteiger partial charge in [0.25, 0.3) is 0 Å². The predicted octanol–water partition coefficient (Wildman–Crippen LogP) is 3.59. The third kappa shape index (κ3) is 2.75. The van der Waals surface area contributed by atoms with E-state index in [-0.39, 0.29) is 6.04 Å². The maximum atomic E-state index is 6.26.